The fraction of sp³-hybridized carbons (Fsp3) is 0.176. The molecule has 9 heteroatoms. The van der Waals surface area contributed by atoms with E-state index in [4.69, 9.17) is 16.3 Å². The van der Waals surface area contributed by atoms with Crippen molar-refractivity contribution in [2.24, 2.45) is 0 Å². The van der Waals surface area contributed by atoms with E-state index in [1.54, 1.807) is 6.07 Å². The Bertz CT molecular complexity index is 1900. The van der Waals surface area contributed by atoms with E-state index in [-0.39, 0.29) is 23.6 Å². The Labute approximate surface area is 250 Å². The van der Waals surface area contributed by atoms with Crippen LogP contribution in [0.2, 0.25) is 5.02 Å². The van der Waals surface area contributed by atoms with Crippen LogP contribution in [0.4, 0.5) is 19.0 Å². The Balaban J connectivity index is 1.66. The van der Waals surface area contributed by atoms with Gasteiger partial charge in [0.1, 0.15) is 10.8 Å². The van der Waals surface area contributed by atoms with Crippen LogP contribution in [0.3, 0.4) is 0 Å². The van der Waals surface area contributed by atoms with Gasteiger partial charge < -0.3 is 9.64 Å². The van der Waals surface area contributed by atoms with Gasteiger partial charge in [-0.25, -0.2) is 4.79 Å². The number of pyridine rings is 1. The first-order valence-corrected chi connectivity index (χ1v) is 14.0. The molecule has 0 amide bonds. The number of fused-ring (bicyclic) bond motifs is 2. The lowest BCUT2D eigenvalue weighted by molar-refractivity contribution is -0.144. The third kappa shape index (κ3) is 5.27. The Kier molecular flexibility index (Phi) is 7.48. The van der Waals surface area contributed by atoms with Crippen molar-refractivity contribution < 1.29 is 22.7 Å². The minimum absolute atomic E-state index is 0.0802. The van der Waals surface area contributed by atoms with Gasteiger partial charge in [-0.3, -0.25) is 9.36 Å². The minimum atomic E-state index is -4.59. The summed E-state index contributed by atoms with van der Waals surface area (Å²) in [5, 5.41) is 1.76. The van der Waals surface area contributed by atoms with E-state index in [1.165, 1.54) is 17.7 Å². The summed E-state index contributed by atoms with van der Waals surface area (Å²) in [7, 11) is 1.23. The van der Waals surface area contributed by atoms with E-state index in [2.05, 4.69) is 0 Å². The molecule has 0 saturated heterocycles. The first kappa shape index (κ1) is 28.6. The highest BCUT2D eigenvalue weighted by Crippen LogP contribution is 2.44. The number of esters is 1. The van der Waals surface area contributed by atoms with Crippen molar-refractivity contribution in [1.82, 2.24) is 4.57 Å². The fourth-order valence-corrected chi connectivity index (χ4v) is 6.14. The molecular formula is C34H26ClF3N2O3. The van der Waals surface area contributed by atoms with Gasteiger partial charge in [0, 0.05) is 18.5 Å². The fourth-order valence-electron chi connectivity index (χ4n) is 5.89. The zero-order chi connectivity index (χ0) is 30.3. The van der Waals surface area contributed by atoms with Gasteiger partial charge in [0.25, 0.3) is 5.56 Å². The normalized spacial score (nSPS) is 14.6. The number of benzene rings is 4. The number of hydrogen-bond donors (Lipinski definition) is 0. The Morgan fingerprint density at radius 2 is 1.65 bits per heavy atom. The van der Waals surface area contributed by atoms with Crippen LogP contribution in [0.5, 0.6) is 0 Å². The predicted molar refractivity (Wildman–Crippen MR) is 161 cm³/mol. The van der Waals surface area contributed by atoms with Crippen LogP contribution < -0.4 is 10.5 Å². The summed E-state index contributed by atoms with van der Waals surface area (Å²) in [6, 6.07) is 26.9. The maximum Gasteiger partial charge on any atom is 0.416 e. The average Bonchev–Trinajstić information content (AvgIpc) is 3.38. The number of carbonyl (C=O) groups is 1. The Morgan fingerprint density at radius 3 is 2.40 bits per heavy atom. The highest BCUT2D eigenvalue weighted by atomic mass is 35.5. The molecule has 1 aliphatic heterocycles. The zero-order valence-electron chi connectivity index (χ0n) is 23.1. The van der Waals surface area contributed by atoms with E-state index in [0.29, 0.717) is 23.5 Å². The molecule has 0 aliphatic carbocycles. The molecule has 6 rings (SSSR count). The van der Waals surface area contributed by atoms with E-state index in [1.807, 2.05) is 77.7 Å². The van der Waals surface area contributed by atoms with Crippen LogP contribution in [0.15, 0.2) is 102 Å². The van der Waals surface area contributed by atoms with E-state index >= 15 is 0 Å². The number of aromatic nitrogens is 1. The van der Waals surface area contributed by atoms with Crippen molar-refractivity contribution in [2.75, 3.05) is 18.6 Å². The molecule has 43 heavy (non-hydrogen) atoms. The third-order valence-electron chi connectivity index (χ3n) is 7.84. The van der Waals surface area contributed by atoms with Crippen LogP contribution in [-0.4, -0.2) is 24.2 Å². The SMILES string of the molecule is COC(=O)C1CN(Cc2ccccc2)c2c(-c3cccc(C(F)(F)F)c3)c(Cc3cccc4ccccc34)c(Cl)c(=O)n21. The quantitative estimate of drug-likeness (QED) is 0.187. The summed E-state index contributed by atoms with van der Waals surface area (Å²) >= 11 is 6.86. The molecule has 0 N–H and O–H groups in total. The second-order valence-corrected chi connectivity index (χ2v) is 10.8. The van der Waals surface area contributed by atoms with Gasteiger partial charge in [-0.15, -0.1) is 0 Å². The molecule has 1 atom stereocenters. The molecule has 0 bridgehead atoms. The molecular weight excluding hydrogens is 577 g/mol. The molecule has 1 aromatic heterocycles. The second kappa shape index (κ2) is 11.3. The van der Waals surface area contributed by atoms with Crippen LogP contribution in [0, 0.1) is 0 Å². The molecule has 0 fully saturated rings. The van der Waals surface area contributed by atoms with Gasteiger partial charge in [0.05, 0.1) is 19.2 Å². The van der Waals surface area contributed by atoms with Crippen LogP contribution in [0.25, 0.3) is 21.9 Å². The lowest BCUT2D eigenvalue weighted by Crippen LogP contribution is -2.30. The predicted octanol–water partition coefficient (Wildman–Crippen LogP) is 7.67. The van der Waals surface area contributed by atoms with Crippen molar-refractivity contribution in [2.45, 2.75) is 25.2 Å². The monoisotopic (exact) mass is 602 g/mol. The topological polar surface area (TPSA) is 51.5 Å². The molecule has 0 spiro atoms. The van der Waals surface area contributed by atoms with Crippen LogP contribution in [0.1, 0.15) is 28.3 Å². The highest BCUT2D eigenvalue weighted by Gasteiger charge is 2.40. The van der Waals surface area contributed by atoms with Gasteiger partial charge in [-0.2, -0.15) is 13.2 Å². The molecule has 218 valence electrons. The van der Waals surface area contributed by atoms with Crippen molar-refractivity contribution in [3.63, 3.8) is 0 Å². The highest BCUT2D eigenvalue weighted by molar-refractivity contribution is 6.32. The van der Waals surface area contributed by atoms with Crippen LogP contribution in [-0.2, 0) is 28.7 Å². The number of anilines is 1. The van der Waals surface area contributed by atoms with Gasteiger partial charge in [-0.05, 0) is 45.2 Å². The lowest BCUT2D eigenvalue weighted by atomic mass is 9.92. The molecule has 2 heterocycles. The summed E-state index contributed by atoms with van der Waals surface area (Å²) in [6.07, 6.45) is -4.42. The van der Waals surface area contributed by atoms with Gasteiger partial charge in [0.15, 0.2) is 6.04 Å². The first-order valence-electron chi connectivity index (χ1n) is 13.6. The molecule has 5 aromatic rings. The molecule has 0 radical (unpaired) electrons. The van der Waals surface area contributed by atoms with E-state index in [9.17, 15) is 22.8 Å². The largest absolute Gasteiger partial charge is 0.467 e. The molecule has 1 aliphatic rings. The first-order chi connectivity index (χ1) is 20.7. The number of alkyl halides is 3. The van der Waals surface area contributed by atoms with E-state index < -0.39 is 29.3 Å². The van der Waals surface area contributed by atoms with Crippen molar-refractivity contribution in [3.8, 4) is 11.1 Å². The molecule has 4 aromatic carbocycles. The van der Waals surface area contributed by atoms with Gasteiger partial charge >= 0.3 is 12.1 Å². The maximum atomic E-state index is 14.0. The number of rotatable bonds is 6. The molecule has 0 saturated carbocycles. The zero-order valence-corrected chi connectivity index (χ0v) is 23.8. The molecule has 1 unspecified atom stereocenters. The van der Waals surface area contributed by atoms with Crippen molar-refractivity contribution in [3.05, 3.63) is 135 Å². The van der Waals surface area contributed by atoms with Gasteiger partial charge in [0.2, 0.25) is 0 Å². The lowest BCUT2D eigenvalue weighted by Gasteiger charge is -2.25. The summed E-state index contributed by atoms with van der Waals surface area (Å²) in [5.41, 5.74) is 1.30. The van der Waals surface area contributed by atoms with Crippen molar-refractivity contribution in [1.29, 1.82) is 0 Å². The number of carbonyl (C=O) groups excluding carboxylic acids is 1. The minimum Gasteiger partial charge on any atom is -0.467 e. The summed E-state index contributed by atoms with van der Waals surface area (Å²) < 4.78 is 48.2. The third-order valence-corrected chi connectivity index (χ3v) is 8.23. The molecule has 5 nitrogen and oxygen atoms in total. The average molecular weight is 603 g/mol. The number of nitrogens with zero attached hydrogens (tertiary/aromatic N) is 2. The van der Waals surface area contributed by atoms with Gasteiger partial charge in [-0.1, -0.05) is 96.5 Å². The number of methoxy groups -OCH3 is 1. The van der Waals surface area contributed by atoms with E-state index in [0.717, 1.165) is 34.0 Å². The number of ether oxygens (including phenoxy) is 1. The standard InChI is InChI=1S/C34H26ClF3N2O3/c1-43-33(42)28-20-39(19-21-9-3-2-4-10-21)31-29(24-14-8-15-25(17-24)34(36,37)38)27(30(35)32(41)40(28)31)18-23-13-7-12-22-11-5-6-16-26(22)23/h2-17,28H,18-20H2,1H3. The Morgan fingerprint density at radius 1 is 0.953 bits per heavy atom. The van der Waals surface area contributed by atoms with Crippen molar-refractivity contribution >= 4 is 34.2 Å². The summed E-state index contributed by atoms with van der Waals surface area (Å²) in [5.74, 6) is -0.324. The number of halogens is 4. The second-order valence-electron chi connectivity index (χ2n) is 10.5. The Hall–Kier alpha value is -4.56. The number of hydrogen-bond acceptors (Lipinski definition) is 4. The summed E-state index contributed by atoms with van der Waals surface area (Å²) in [6.45, 7) is 0.381. The maximum absolute atomic E-state index is 14.0. The summed E-state index contributed by atoms with van der Waals surface area (Å²) in [4.78, 5) is 28.8. The smallest absolute Gasteiger partial charge is 0.416 e. The van der Waals surface area contributed by atoms with Crippen LogP contribution >= 0.6 is 11.6 Å².